The zero-order chi connectivity index (χ0) is 23.3. The molecule has 0 saturated carbocycles. The zero-order valence-electron chi connectivity index (χ0n) is 19.7. The van der Waals surface area contributed by atoms with Crippen molar-refractivity contribution in [1.82, 2.24) is 15.1 Å². The Morgan fingerprint density at radius 1 is 1.06 bits per heavy atom. The Hall–Kier alpha value is -2.71. The van der Waals surface area contributed by atoms with Crippen molar-refractivity contribution in [1.29, 1.82) is 0 Å². The molecule has 0 spiro atoms. The second-order valence-electron chi connectivity index (χ2n) is 7.76. The number of rotatable bonds is 13. The number of methoxy groups -OCH3 is 1. The van der Waals surface area contributed by atoms with Crippen molar-refractivity contribution < 1.29 is 18.6 Å². The van der Waals surface area contributed by atoms with E-state index in [1.165, 1.54) is 0 Å². The number of ether oxygens (including phenoxy) is 3. The maximum Gasteiger partial charge on any atom is 0.243 e. The predicted molar refractivity (Wildman–Crippen MR) is 133 cm³/mol. The van der Waals surface area contributed by atoms with Gasteiger partial charge in [0, 0.05) is 17.9 Å². The third-order valence-electron chi connectivity index (χ3n) is 4.85. The van der Waals surface area contributed by atoms with Crippen LogP contribution in [0.4, 0.5) is 0 Å². The molecule has 0 atom stereocenters. The second kappa shape index (κ2) is 13.7. The van der Waals surface area contributed by atoms with E-state index in [0.29, 0.717) is 30.7 Å². The Balaban J connectivity index is 1.45. The van der Waals surface area contributed by atoms with Crippen LogP contribution in [0.1, 0.15) is 31.0 Å². The Kier molecular flexibility index (Phi) is 10.4. The molecule has 0 aliphatic heterocycles. The second-order valence-corrected chi connectivity index (χ2v) is 8.87. The van der Waals surface area contributed by atoms with Gasteiger partial charge in [-0.3, -0.25) is 0 Å². The van der Waals surface area contributed by atoms with Crippen LogP contribution in [0, 0.1) is 0 Å². The molecule has 1 aliphatic carbocycles. The molecule has 178 valence electrons. The third-order valence-corrected chi connectivity index (χ3v) is 5.76. The average Bonchev–Trinajstić information content (AvgIpc) is 3.26. The van der Waals surface area contributed by atoms with Crippen molar-refractivity contribution in [2.24, 2.45) is 0 Å². The maximum atomic E-state index is 5.91. The summed E-state index contributed by atoms with van der Waals surface area (Å²) >= 11 is 1.69. The van der Waals surface area contributed by atoms with Crippen molar-refractivity contribution in [2.75, 3.05) is 46.7 Å². The summed E-state index contributed by atoms with van der Waals surface area (Å²) in [5.74, 6) is 5.00. The van der Waals surface area contributed by atoms with Crippen LogP contribution in [0.5, 0.6) is 11.5 Å². The van der Waals surface area contributed by atoms with Gasteiger partial charge in [-0.2, -0.15) is 0 Å². The number of benzene rings is 1. The van der Waals surface area contributed by atoms with Crippen LogP contribution in [0.2, 0.25) is 0 Å². The van der Waals surface area contributed by atoms with E-state index in [0.717, 1.165) is 54.4 Å². The van der Waals surface area contributed by atoms with E-state index in [9.17, 15) is 0 Å². The van der Waals surface area contributed by atoms with Crippen molar-refractivity contribution in [3.05, 3.63) is 66.1 Å². The molecule has 33 heavy (non-hydrogen) atoms. The lowest BCUT2D eigenvalue weighted by molar-refractivity contribution is 0.207. The van der Waals surface area contributed by atoms with E-state index < -0.39 is 0 Å². The summed E-state index contributed by atoms with van der Waals surface area (Å²) in [6, 6.07) is 7.64. The number of para-hydroxylation sites is 2. The number of allylic oxidation sites excluding steroid dienone is 5. The van der Waals surface area contributed by atoms with E-state index >= 15 is 0 Å². The molecule has 0 bridgehead atoms. The fourth-order valence-electron chi connectivity index (χ4n) is 3.15. The van der Waals surface area contributed by atoms with Crippen LogP contribution in [0.15, 0.2) is 58.7 Å². The molecule has 8 heteroatoms. The average molecular weight is 472 g/mol. The molecule has 2 aromatic rings. The first kappa shape index (κ1) is 24.9. The highest BCUT2D eigenvalue weighted by molar-refractivity contribution is 7.98. The van der Waals surface area contributed by atoms with Gasteiger partial charge in [0.15, 0.2) is 11.5 Å². The van der Waals surface area contributed by atoms with E-state index in [2.05, 4.69) is 35.3 Å². The van der Waals surface area contributed by atoms with Gasteiger partial charge in [-0.1, -0.05) is 18.2 Å². The summed E-state index contributed by atoms with van der Waals surface area (Å²) in [6.07, 6.45) is 10.9. The molecule has 0 N–H and O–H groups in total. The van der Waals surface area contributed by atoms with Gasteiger partial charge in [0.2, 0.25) is 11.8 Å². The van der Waals surface area contributed by atoms with Gasteiger partial charge in [0.1, 0.15) is 5.76 Å². The number of hydrogen-bond donors (Lipinski definition) is 0. The number of hydrogen-bond acceptors (Lipinski definition) is 8. The third kappa shape index (κ3) is 8.63. The molecule has 1 aliphatic rings. The van der Waals surface area contributed by atoms with E-state index in [1.54, 1.807) is 18.9 Å². The topological polar surface area (TPSA) is 69.8 Å². The quantitative estimate of drug-likeness (QED) is 0.379. The molecule has 1 heterocycles. The van der Waals surface area contributed by atoms with E-state index in [1.807, 2.05) is 42.5 Å². The SMILES string of the molecule is COc1ccccc1OCCSCc1nnc(/C2=C/C=C(OCCCN(C)C)\C=C/CC2)o1. The molecule has 0 amide bonds. The summed E-state index contributed by atoms with van der Waals surface area (Å²) in [6.45, 7) is 2.28. The lowest BCUT2D eigenvalue weighted by atomic mass is 10.1. The smallest absolute Gasteiger partial charge is 0.243 e. The fraction of sp³-hybridized carbons (Fsp3) is 0.440. The normalized spacial score (nSPS) is 17.9. The minimum atomic E-state index is 0.575. The van der Waals surface area contributed by atoms with E-state index in [-0.39, 0.29) is 0 Å². The van der Waals surface area contributed by atoms with E-state index in [4.69, 9.17) is 18.6 Å². The molecule has 0 fully saturated rings. The number of nitrogens with zero attached hydrogens (tertiary/aromatic N) is 3. The Bertz CT molecular complexity index is 953. The van der Waals surface area contributed by atoms with Gasteiger partial charge < -0.3 is 23.5 Å². The first-order valence-electron chi connectivity index (χ1n) is 11.2. The summed E-state index contributed by atoms with van der Waals surface area (Å²) in [5.41, 5.74) is 1.02. The highest BCUT2D eigenvalue weighted by Gasteiger charge is 2.12. The predicted octanol–water partition coefficient (Wildman–Crippen LogP) is 4.98. The summed E-state index contributed by atoms with van der Waals surface area (Å²) in [7, 11) is 5.77. The van der Waals surface area contributed by atoms with Gasteiger partial charge in [-0.05, 0) is 63.7 Å². The molecule has 3 rings (SSSR count). The molecule has 0 unspecified atom stereocenters. The van der Waals surface area contributed by atoms with Gasteiger partial charge in [0.05, 0.1) is 26.1 Å². The highest BCUT2D eigenvalue weighted by atomic mass is 32.2. The summed E-state index contributed by atoms with van der Waals surface area (Å²) in [5, 5.41) is 8.47. The van der Waals surface area contributed by atoms with Gasteiger partial charge in [-0.15, -0.1) is 22.0 Å². The van der Waals surface area contributed by atoms with Crippen molar-refractivity contribution in [3.63, 3.8) is 0 Å². The standard InChI is InChI=1S/C25H33N3O4S/c1-28(2)15-8-16-30-21-10-5-4-9-20(13-14-21)25-27-26-24(32-25)19-33-18-17-31-23-12-7-6-11-22(23)29-3/h5-7,10-14H,4,8-9,15-19H2,1-3H3/b10-5-,20-13+,21-14+. The summed E-state index contributed by atoms with van der Waals surface area (Å²) < 4.78 is 22.9. The first-order chi connectivity index (χ1) is 16.2. The van der Waals surface area contributed by atoms with Crippen LogP contribution in [0.3, 0.4) is 0 Å². The van der Waals surface area contributed by atoms with Crippen LogP contribution in [-0.4, -0.2) is 61.8 Å². The molecular formula is C25H33N3O4S. The van der Waals surface area contributed by atoms with Crippen LogP contribution in [0.25, 0.3) is 5.57 Å². The molecule has 7 nitrogen and oxygen atoms in total. The Labute approximate surface area is 200 Å². The minimum Gasteiger partial charge on any atom is -0.494 e. The van der Waals surface area contributed by atoms with Crippen LogP contribution >= 0.6 is 11.8 Å². The minimum absolute atomic E-state index is 0.575. The van der Waals surface area contributed by atoms with Crippen LogP contribution < -0.4 is 9.47 Å². The number of thioether (sulfide) groups is 1. The summed E-state index contributed by atoms with van der Waals surface area (Å²) in [4.78, 5) is 2.16. The molecule has 0 saturated heterocycles. The lowest BCUT2D eigenvalue weighted by Gasteiger charge is -2.11. The molecule has 1 aromatic heterocycles. The molecular weight excluding hydrogens is 438 g/mol. The van der Waals surface area contributed by atoms with Gasteiger partial charge in [-0.25, -0.2) is 0 Å². The van der Waals surface area contributed by atoms with Crippen molar-refractivity contribution in [3.8, 4) is 11.5 Å². The first-order valence-corrected chi connectivity index (χ1v) is 12.3. The fourth-order valence-corrected chi connectivity index (χ4v) is 3.79. The Morgan fingerprint density at radius 2 is 1.91 bits per heavy atom. The number of aromatic nitrogens is 2. The molecule has 1 aromatic carbocycles. The lowest BCUT2D eigenvalue weighted by Crippen LogP contribution is -2.14. The largest absolute Gasteiger partial charge is 0.494 e. The van der Waals surface area contributed by atoms with Crippen LogP contribution in [-0.2, 0) is 10.5 Å². The Morgan fingerprint density at radius 3 is 2.73 bits per heavy atom. The zero-order valence-corrected chi connectivity index (χ0v) is 20.5. The maximum absolute atomic E-state index is 5.91. The highest BCUT2D eigenvalue weighted by Crippen LogP contribution is 2.26. The van der Waals surface area contributed by atoms with Gasteiger partial charge in [0.25, 0.3) is 0 Å². The monoisotopic (exact) mass is 471 g/mol. The van der Waals surface area contributed by atoms with Crippen molar-refractivity contribution >= 4 is 17.3 Å². The van der Waals surface area contributed by atoms with Crippen molar-refractivity contribution in [2.45, 2.75) is 25.0 Å². The van der Waals surface area contributed by atoms with Gasteiger partial charge >= 0.3 is 0 Å². The molecule has 0 radical (unpaired) electrons.